The maximum atomic E-state index is 13.0. The highest BCUT2D eigenvalue weighted by atomic mass is 32.2. The van der Waals surface area contributed by atoms with Gasteiger partial charge in [0.1, 0.15) is 11.5 Å². The molecule has 2 aromatic carbocycles. The number of methoxy groups -OCH3 is 1. The van der Waals surface area contributed by atoms with Crippen LogP contribution in [0.4, 0.5) is 5.69 Å². The Bertz CT molecular complexity index is 1420. The maximum absolute atomic E-state index is 13.0. The summed E-state index contributed by atoms with van der Waals surface area (Å²) in [5.41, 5.74) is 4.64. The van der Waals surface area contributed by atoms with Crippen molar-refractivity contribution in [3.05, 3.63) is 59.3 Å². The molecule has 2 aromatic rings. The first kappa shape index (κ1) is 26.7. The number of sulfonamides is 1. The van der Waals surface area contributed by atoms with E-state index in [0.29, 0.717) is 30.9 Å². The van der Waals surface area contributed by atoms with Crippen LogP contribution in [0.5, 0.6) is 5.75 Å². The standard InChI is InChI=1S/C27H32N4O5S/c1-27(2,3)23-14-20(31-11-9-21(32)15-24(28)26(31)33)13-22(25(23)36-4)18-6-7-19-16-30(29-37(5,34)35)10-8-17(19)12-18/h6-7,9,11-14,28-29H,8,10,15-16H2,1-5H3. The van der Waals surface area contributed by atoms with E-state index in [0.717, 1.165) is 34.1 Å². The topological polar surface area (TPSA) is 120 Å². The molecule has 37 heavy (non-hydrogen) atoms. The number of allylic oxidation sites excluding steroid dienone is 1. The lowest BCUT2D eigenvalue weighted by Gasteiger charge is -2.30. The second-order valence-electron chi connectivity index (χ2n) is 10.5. The van der Waals surface area contributed by atoms with Crippen LogP contribution in [0.15, 0.2) is 42.6 Å². The molecule has 0 saturated carbocycles. The molecule has 2 heterocycles. The molecule has 0 bridgehead atoms. The average molecular weight is 525 g/mol. The molecule has 0 saturated heterocycles. The largest absolute Gasteiger partial charge is 0.496 e. The van der Waals surface area contributed by atoms with Crippen LogP contribution in [0.1, 0.15) is 43.9 Å². The van der Waals surface area contributed by atoms with E-state index in [1.54, 1.807) is 12.1 Å². The van der Waals surface area contributed by atoms with E-state index in [1.165, 1.54) is 17.2 Å². The summed E-state index contributed by atoms with van der Waals surface area (Å²) in [5, 5.41) is 9.75. The predicted octanol–water partition coefficient (Wildman–Crippen LogP) is 3.32. The Balaban J connectivity index is 1.83. The van der Waals surface area contributed by atoms with Gasteiger partial charge in [0.25, 0.3) is 5.91 Å². The molecule has 9 nitrogen and oxygen atoms in total. The van der Waals surface area contributed by atoms with E-state index in [-0.39, 0.29) is 23.3 Å². The van der Waals surface area contributed by atoms with Gasteiger partial charge in [-0.05, 0) is 46.7 Å². The Labute approximate surface area is 217 Å². The van der Waals surface area contributed by atoms with Crippen LogP contribution in [0.25, 0.3) is 11.1 Å². The second kappa shape index (κ2) is 9.85. The monoisotopic (exact) mass is 524 g/mol. The fourth-order valence-electron chi connectivity index (χ4n) is 4.66. The molecule has 2 N–H and O–H groups in total. The lowest BCUT2D eigenvalue weighted by Crippen LogP contribution is -2.44. The van der Waals surface area contributed by atoms with Crippen molar-refractivity contribution in [2.75, 3.05) is 24.8 Å². The Morgan fingerprint density at radius 2 is 1.81 bits per heavy atom. The number of carbonyl (C=O) groups is 2. The summed E-state index contributed by atoms with van der Waals surface area (Å²) in [5.74, 6) is -0.147. The van der Waals surface area contributed by atoms with E-state index in [1.807, 2.05) is 24.3 Å². The Morgan fingerprint density at radius 1 is 1.08 bits per heavy atom. The quantitative estimate of drug-likeness (QED) is 0.619. The van der Waals surface area contributed by atoms with Gasteiger partial charge in [-0.3, -0.25) is 19.9 Å². The van der Waals surface area contributed by atoms with Gasteiger partial charge >= 0.3 is 0 Å². The third kappa shape index (κ3) is 5.82. The summed E-state index contributed by atoms with van der Waals surface area (Å²) in [6, 6.07) is 9.74. The molecule has 0 aromatic heterocycles. The van der Waals surface area contributed by atoms with E-state index < -0.39 is 15.9 Å². The number of fused-ring (bicyclic) bond motifs is 1. The van der Waals surface area contributed by atoms with Crippen LogP contribution >= 0.6 is 0 Å². The zero-order valence-electron chi connectivity index (χ0n) is 21.7. The first-order chi connectivity index (χ1) is 17.3. The molecule has 196 valence electrons. The molecule has 0 unspecified atom stereocenters. The molecular weight excluding hydrogens is 492 g/mol. The number of hydrogen-bond donors (Lipinski definition) is 2. The van der Waals surface area contributed by atoms with Crippen molar-refractivity contribution < 1.29 is 22.7 Å². The first-order valence-corrected chi connectivity index (χ1v) is 13.8. The molecule has 4 rings (SSSR count). The van der Waals surface area contributed by atoms with Crippen LogP contribution in [-0.4, -0.2) is 50.7 Å². The Hall–Kier alpha value is -3.34. The van der Waals surface area contributed by atoms with Gasteiger partial charge in [-0.2, -0.15) is 0 Å². The summed E-state index contributed by atoms with van der Waals surface area (Å²) < 4.78 is 29.2. The summed E-state index contributed by atoms with van der Waals surface area (Å²) in [4.78, 5) is 28.9. The molecule has 0 radical (unpaired) electrons. The van der Waals surface area contributed by atoms with Crippen LogP contribution in [0, 0.1) is 5.41 Å². The normalized spacial score (nSPS) is 17.1. The third-order valence-corrected chi connectivity index (χ3v) is 7.02. The van der Waals surface area contributed by atoms with Gasteiger partial charge in [0.05, 0.1) is 19.8 Å². The highest BCUT2D eigenvalue weighted by Crippen LogP contribution is 2.43. The first-order valence-electron chi connectivity index (χ1n) is 12.0. The summed E-state index contributed by atoms with van der Waals surface area (Å²) >= 11 is 0. The van der Waals surface area contributed by atoms with E-state index in [4.69, 9.17) is 10.1 Å². The van der Waals surface area contributed by atoms with Gasteiger partial charge in [-0.25, -0.2) is 13.4 Å². The average Bonchev–Trinajstić information content (AvgIpc) is 2.93. The fourth-order valence-corrected chi connectivity index (χ4v) is 5.28. The Kier molecular flexibility index (Phi) is 7.11. The number of hydrazine groups is 1. The zero-order chi connectivity index (χ0) is 27.1. The Morgan fingerprint density at radius 3 is 2.46 bits per heavy atom. The second-order valence-corrected chi connectivity index (χ2v) is 12.2. The number of rotatable bonds is 5. The van der Waals surface area contributed by atoms with Crippen molar-refractivity contribution in [2.24, 2.45) is 0 Å². The number of hydrogen-bond acceptors (Lipinski definition) is 7. The number of ketones is 1. The lowest BCUT2D eigenvalue weighted by atomic mass is 9.83. The van der Waals surface area contributed by atoms with Crippen LogP contribution in [0.3, 0.4) is 0 Å². The van der Waals surface area contributed by atoms with Gasteiger partial charge in [-0.15, -0.1) is 4.83 Å². The molecule has 1 amide bonds. The number of benzene rings is 2. The van der Waals surface area contributed by atoms with Crippen molar-refractivity contribution in [2.45, 2.75) is 45.6 Å². The lowest BCUT2D eigenvalue weighted by molar-refractivity contribution is -0.115. The molecule has 0 fully saturated rings. The number of anilines is 1. The van der Waals surface area contributed by atoms with Gasteiger partial charge in [0.15, 0.2) is 5.78 Å². The summed E-state index contributed by atoms with van der Waals surface area (Å²) in [6.45, 7) is 7.16. The molecule has 0 aliphatic carbocycles. The minimum absolute atomic E-state index is 0.225. The molecular formula is C27H32N4O5S. The number of ether oxygens (including phenoxy) is 1. The van der Waals surface area contributed by atoms with Crippen molar-refractivity contribution in [1.29, 1.82) is 5.41 Å². The van der Waals surface area contributed by atoms with Gasteiger partial charge in [-0.1, -0.05) is 39.0 Å². The van der Waals surface area contributed by atoms with Crippen LogP contribution in [0.2, 0.25) is 0 Å². The molecule has 10 heteroatoms. The summed E-state index contributed by atoms with van der Waals surface area (Å²) in [7, 11) is -1.73. The number of amides is 1. The predicted molar refractivity (Wildman–Crippen MR) is 143 cm³/mol. The van der Waals surface area contributed by atoms with Crippen molar-refractivity contribution in [3.8, 4) is 16.9 Å². The molecule has 0 spiro atoms. The molecule has 2 aliphatic heterocycles. The SMILES string of the molecule is COc1c(-c2ccc3c(c2)CCN(NS(C)(=O)=O)C3)cc(N2C=CC(=O)CC(=N)C2=O)cc1C(C)(C)C. The highest BCUT2D eigenvalue weighted by Gasteiger charge is 2.29. The number of nitrogens with one attached hydrogen (secondary N) is 2. The summed E-state index contributed by atoms with van der Waals surface area (Å²) in [6.07, 6.45) is 4.33. The fraction of sp³-hybridized carbons (Fsp3) is 0.370. The minimum Gasteiger partial charge on any atom is -0.496 e. The number of carbonyl (C=O) groups excluding carboxylic acids is 2. The van der Waals surface area contributed by atoms with Crippen LogP contribution in [-0.2, 0) is 38.0 Å². The van der Waals surface area contributed by atoms with Gasteiger partial charge in [0.2, 0.25) is 10.0 Å². The van der Waals surface area contributed by atoms with Crippen molar-refractivity contribution >= 4 is 33.1 Å². The van der Waals surface area contributed by atoms with E-state index >= 15 is 0 Å². The van der Waals surface area contributed by atoms with Crippen LogP contribution < -0.4 is 14.5 Å². The van der Waals surface area contributed by atoms with E-state index in [2.05, 4.69) is 31.7 Å². The third-order valence-electron chi connectivity index (χ3n) is 6.43. The van der Waals surface area contributed by atoms with Gasteiger partial charge in [0, 0.05) is 36.1 Å². The van der Waals surface area contributed by atoms with E-state index in [9.17, 15) is 18.0 Å². The zero-order valence-corrected chi connectivity index (χ0v) is 22.5. The molecule has 0 atom stereocenters. The maximum Gasteiger partial charge on any atom is 0.276 e. The van der Waals surface area contributed by atoms with Crippen molar-refractivity contribution in [1.82, 2.24) is 9.84 Å². The molecule has 2 aliphatic rings. The number of nitrogens with zero attached hydrogens (tertiary/aromatic N) is 2. The highest BCUT2D eigenvalue weighted by molar-refractivity contribution is 7.88. The van der Waals surface area contributed by atoms with Crippen molar-refractivity contribution in [3.63, 3.8) is 0 Å². The minimum atomic E-state index is -3.35. The smallest absolute Gasteiger partial charge is 0.276 e. The van der Waals surface area contributed by atoms with Gasteiger partial charge < -0.3 is 4.74 Å².